The molecule has 0 bridgehead atoms. The largest absolute Gasteiger partial charge is 0.493 e. The number of hydrogen-bond acceptors (Lipinski definition) is 3. The first-order valence-corrected chi connectivity index (χ1v) is 9.10. The Bertz CT molecular complexity index is 1230. The van der Waals surface area contributed by atoms with E-state index < -0.39 is 29.5 Å². The number of aliphatic carboxylic acids is 1. The van der Waals surface area contributed by atoms with Crippen molar-refractivity contribution in [2.24, 2.45) is 0 Å². The molecule has 5 nitrogen and oxygen atoms in total. The SMILES string of the molecule is COc1c(Cl)ccc2c(=O)c3ccc(C4(C(F)(F)F)CC4)cc3n(CC(=O)O)c12. The van der Waals surface area contributed by atoms with Crippen molar-refractivity contribution in [2.45, 2.75) is 31.0 Å². The molecule has 1 aliphatic rings. The Morgan fingerprint density at radius 2 is 1.90 bits per heavy atom. The first kappa shape index (κ1) is 19.6. The predicted molar refractivity (Wildman–Crippen MR) is 102 cm³/mol. The van der Waals surface area contributed by atoms with Gasteiger partial charge in [-0.1, -0.05) is 17.7 Å². The Balaban J connectivity index is 2.15. The van der Waals surface area contributed by atoms with Crippen LogP contribution in [0.1, 0.15) is 18.4 Å². The first-order chi connectivity index (χ1) is 13.6. The van der Waals surface area contributed by atoms with E-state index in [1.807, 2.05) is 0 Å². The van der Waals surface area contributed by atoms with Gasteiger partial charge in [0.05, 0.1) is 34.0 Å². The van der Waals surface area contributed by atoms with Crippen LogP contribution in [0.2, 0.25) is 5.02 Å². The summed E-state index contributed by atoms with van der Waals surface area (Å²) in [7, 11) is 1.32. The van der Waals surface area contributed by atoms with Crippen LogP contribution >= 0.6 is 11.6 Å². The van der Waals surface area contributed by atoms with Crippen LogP contribution in [-0.4, -0.2) is 28.9 Å². The molecule has 1 fully saturated rings. The van der Waals surface area contributed by atoms with Crippen LogP contribution in [0.5, 0.6) is 5.75 Å². The molecule has 152 valence electrons. The number of ether oxygens (including phenoxy) is 1. The topological polar surface area (TPSA) is 68.5 Å². The maximum atomic E-state index is 13.6. The van der Waals surface area contributed by atoms with E-state index in [0.29, 0.717) is 0 Å². The molecule has 0 amide bonds. The molecule has 0 radical (unpaired) electrons. The molecule has 1 aromatic heterocycles. The van der Waals surface area contributed by atoms with Crippen LogP contribution in [-0.2, 0) is 16.8 Å². The molecule has 29 heavy (non-hydrogen) atoms. The summed E-state index contributed by atoms with van der Waals surface area (Å²) >= 11 is 6.15. The first-order valence-electron chi connectivity index (χ1n) is 8.72. The number of carboxylic acids is 1. The van der Waals surface area contributed by atoms with Gasteiger partial charge in [-0.05, 0) is 42.7 Å². The third-order valence-corrected chi connectivity index (χ3v) is 5.77. The second-order valence-corrected chi connectivity index (χ2v) is 7.50. The van der Waals surface area contributed by atoms with Crippen molar-refractivity contribution in [3.63, 3.8) is 0 Å². The fourth-order valence-electron chi connectivity index (χ4n) is 3.86. The van der Waals surface area contributed by atoms with E-state index in [2.05, 4.69) is 0 Å². The van der Waals surface area contributed by atoms with Crippen molar-refractivity contribution in [3.05, 3.63) is 51.1 Å². The van der Waals surface area contributed by atoms with Crippen LogP contribution in [0.4, 0.5) is 13.2 Å². The van der Waals surface area contributed by atoms with E-state index >= 15 is 0 Å². The third kappa shape index (κ3) is 2.85. The molecule has 1 N–H and O–H groups in total. The highest BCUT2D eigenvalue weighted by Crippen LogP contribution is 2.59. The lowest BCUT2D eigenvalue weighted by Crippen LogP contribution is -2.29. The number of carbonyl (C=O) groups is 1. The fourth-order valence-corrected chi connectivity index (χ4v) is 4.09. The van der Waals surface area contributed by atoms with Crippen LogP contribution in [0.3, 0.4) is 0 Å². The van der Waals surface area contributed by atoms with E-state index in [4.69, 9.17) is 16.3 Å². The standard InChI is InChI=1S/C20H15ClF3NO4/c1-29-18-13(21)5-4-12-16(18)25(9-15(26)27)14-8-10(2-3-11(14)17(12)28)19(6-7-19)20(22,23)24/h2-5,8H,6-7,9H2,1H3,(H,26,27). The van der Waals surface area contributed by atoms with E-state index in [9.17, 15) is 27.9 Å². The highest BCUT2D eigenvalue weighted by atomic mass is 35.5. The Morgan fingerprint density at radius 3 is 2.45 bits per heavy atom. The quantitative estimate of drug-likeness (QED) is 0.625. The van der Waals surface area contributed by atoms with Gasteiger partial charge in [0.25, 0.3) is 0 Å². The fraction of sp³-hybridized carbons (Fsp3) is 0.300. The van der Waals surface area contributed by atoms with Crippen LogP contribution in [0, 0.1) is 0 Å². The molecule has 2 aromatic carbocycles. The lowest BCUT2D eigenvalue weighted by Gasteiger charge is -2.22. The van der Waals surface area contributed by atoms with E-state index in [-0.39, 0.29) is 51.0 Å². The minimum Gasteiger partial charge on any atom is -0.493 e. The molecule has 0 aliphatic heterocycles. The van der Waals surface area contributed by atoms with E-state index in [0.717, 1.165) is 0 Å². The lowest BCUT2D eigenvalue weighted by atomic mass is 9.93. The summed E-state index contributed by atoms with van der Waals surface area (Å²) in [5, 5.41) is 9.86. The number of rotatable bonds is 4. The number of fused-ring (bicyclic) bond motifs is 2. The number of carboxylic acid groups (broad SMARTS) is 1. The van der Waals surface area contributed by atoms with Gasteiger partial charge >= 0.3 is 12.1 Å². The van der Waals surface area contributed by atoms with Gasteiger partial charge in [-0.2, -0.15) is 13.2 Å². The smallest absolute Gasteiger partial charge is 0.398 e. The predicted octanol–water partition coefficient (Wildman–Crippen LogP) is 4.50. The Hall–Kier alpha value is -2.74. The van der Waals surface area contributed by atoms with Crippen molar-refractivity contribution in [3.8, 4) is 5.75 Å². The summed E-state index contributed by atoms with van der Waals surface area (Å²) in [6.45, 7) is -0.577. The monoisotopic (exact) mass is 425 g/mol. The number of alkyl halides is 3. The van der Waals surface area contributed by atoms with Crippen molar-refractivity contribution in [1.29, 1.82) is 0 Å². The summed E-state index contributed by atoms with van der Waals surface area (Å²) in [6, 6.07) is 6.80. The maximum absolute atomic E-state index is 13.6. The second kappa shape index (κ2) is 6.38. The number of halogens is 4. The summed E-state index contributed by atoms with van der Waals surface area (Å²) in [6.07, 6.45) is -4.53. The highest BCUT2D eigenvalue weighted by Gasteiger charge is 2.64. The average molecular weight is 426 g/mol. The minimum absolute atomic E-state index is 0.0105. The zero-order valence-corrected chi connectivity index (χ0v) is 15.9. The zero-order valence-electron chi connectivity index (χ0n) is 15.1. The molecule has 0 spiro atoms. The summed E-state index contributed by atoms with van der Waals surface area (Å²) in [4.78, 5) is 24.5. The highest BCUT2D eigenvalue weighted by molar-refractivity contribution is 6.33. The van der Waals surface area contributed by atoms with Gasteiger partial charge < -0.3 is 14.4 Å². The number of benzene rings is 2. The Morgan fingerprint density at radius 1 is 1.24 bits per heavy atom. The van der Waals surface area contributed by atoms with Crippen LogP contribution < -0.4 is 10.2 Å². The Kier molecular flexibility index (Phi) is 4.31. The molecule has 9 heteroatoms. The summed E-state index contributed by atoms with van der Waals surface area (Å²) in [5.41, 5.74) is -2.16. The van der Waals surface area contributed by atoms with Gasteiger partial charge in [0.15, 0.2) is 11.2 Å². The average Bonchev–Trinajstić information content (AvgIpc) is 3.46. The third-order valence-electron chi connectivity index (χ3n) is 5.47. The molecule has 0 atom stereocenters. The molecular formula is C20H15ClF3NO4. The molecule has 1 heterocycles. The van der Waals surface area contributed by atoms with Gasteiger partial charge in [-0.3, -0.25) is 9.59 Å². The van der Waals surface area contributed by atoms with Crippen molar-refractivity contribution < 1.29 is 27.8 Å². The molecule has 4 rings (SSSR count). The van der Waals surface area contributed by atoms with Gasteiger partial charge in [-0.15, -0.1) is 0 Å². The van der Waals surface area contributed by atoms with Gasteiger partial charge in [-0.25, -0.2) is 0 Å². The van der Waals surface area contributed by atoms with Crippen molar-refractivity contribution in [1.82, 2.24) is 4.57 Å². The summed E-state index contributed by atoms with van der Waals surface area (Å²) < 4.78 is 47.3. The Labute approximate surface area is 167 Å². The van der Waals surface area contributed by atoms with Crippen molar-refractivity contribution in [2.75, 3.05) is 7.11 Å². The summed E-state index contributed by atoms with van der Waals surface area (Å²) in [5.74, 6) is -1.13. The molecule has 0 unspecified atom stereocenters. The van der Waals surface area contributed by atoms with Gasteiger partial charge in [0, 0.05) is 5.39 Å². The van der Waals surface area contributed by atoms with Gasteiger partial charge in [0.2, 0.25) is 0 Å². The number of hydrogen-bond donors (Lipinski definition) is 1. The minimum atomic E-state index is -4.43. The number of nitrogens with zero attached hydrogens (tertiary/aromatic N) is 1. The maximum Gasteiger partial charge on any atom is 0.398 e. The number of methoxy groups -OCH3 is 1. The number of aromatic nitrogens is 1. The van der Waals surface area contributed by atoms with Gasteiger partial charge in [0.1, 0.15) is 6.54 Å². The van der Waals surface area contributed by atoms with Crippen molar-refractivity contribution >= 4 is 39.4 Å². The van der Waals surface area contributed by atoms with Crippen LogP contribution in [0.25, 0.3) is 21.8 Å². The number of pyridine rings is 1. The molecule has 0 saturated heterocycles. The molecular weight excluding hydrogens is 411 g/mol. The molecule has 1 saturated carbocycles. The normalized spacial score (nSPS) is 15.6. The molecule has 3 aromatic rings. The lowest BCUT2D eigenvalue weighted by molar-refractivity contribution is -0.160. The van der Waals surface area contributed by atoms with E-state index in [1.165, 1.54) is 42.0 Å². The van der Waals surface area contributed by atoms with Crippen LogP contribution in [0.15, 0.2) is 35.1 Å². The molecule has 1 aliphatic carbocycles. The van der Waals surface area contributed by atoms with E-state index in [1.54, 1.807) is 0 Å². The second-order valence-electron chi connectivity index (χ2n) is 7.10. The zero-order chi connectivity index (χ0) is 21.1.